The Morgan fingerprint density at radius 3 is 2.68 bits per heavy atom. The van der Waals surface area contributed by atoms with E-state index < -0.39 is 9.84 Å². The van der Waals surface area contributed by atoms with E-state index in [4.69, 9.17) is 9.40 Å². The number of amides is 1. The van der Waals surface area contributed by atoms with Crippen LogP contribution in [0.1, 0.15) is 28.5 Å². The van der Waals surface area contributed by atoms with Gasteiger partial charge < -0.3 is 9.73 Å². The fraction of sp³-hybridized carbons (Fsp3) is 0.227. The first-order valence-electron chi connectivity index (χ1n) is 9.92. The molecule has 1 saturated heterocycles. The molecule has 8 nitrogen and oxygen atoms in total. The van der Waals surface area contributed by atoms with Crippen molar-refractivity contribution < 1.29 is 17.6 Å². The van der Waals surface area contributed by atoms with Gasteiger partial charge in [-0.25, -0.2) is 18.1 Å². The van der Waals surface area contributed by atoms with Gasteiger partial charge in [0.1, 0.15) is 5.69 Å². The molecule has 1 aliphatic heterocycles. The molecule has 1 unspecified atom stereocenters. The van der Waals surface area contributed by atoms with Crippen LogP contribution in [0.25, 0.3) is 22.5 Å². The van der Waals surface area contributed by atoms with Crippen LogP contribution in [0.2, 0.25) is 0 Å². The van der Waals surface area contributed by atoms with Crippen LogP contribution >= 0.6 is 0 Å². The first-order valence-corrected chi connectivity index (χ1v) is 11.7. The van der Waals surface area contributed by atoms with Crippen molar-refractivity contribution in [1.29, 1.82) is 0 Å². The Bertz CT molecular complexity index is 1380. The lowest BCUT2D eigenvalue weighted by molar-refractivity contribution is 0.102. The number of aryl methyl sites for hydroxylation is 1. The van der Waals surface area contributed by atoms with Crippen molar-refractivity contribution in [3.05, 3.63) is 66.1 Å². The second kappa shape index (κ2) is 7.35. The first-order chi connectivity index (χ1) is 14.9. The largest absolute Gasteiger partial charge is 0.463 e. The van der Waals surface area contributed by atoms with Gasteiger partial charge in [-0.05, 0) is 43.7 Å². The fourth-order valence-electron chi connectivity index (χ4n) is 3.99. The number of aromatic nitrogens is 3. The van der Waals surface area contributed by atoms with Crippen LogP contribution in [-0.2, 0) is 9.84 Å². The minimum absolute atomic E-state index is 0.0153. The molecule has 5 rings (SSSR count). The number of para-hydroxylation sites is 1. The maximum Gasteiger partial charge on any atom is 0.256 e. The summed E-state index contributed by atoms with van der Waals surface area (Å²) in [5.41, 5.74) is 2.66. The minimum atomic E-state index is -3.11. The molecule has 0 radical (unpaired) electrons. The molecule has 1 amide bonds. The number of benzene rings is 1. The Morgan fingerprint density at radius 1 is 1.19 bits per heavy atom. The average Bonchev–Trinajstić information content (AvgIpc) is 3.47. The quantitative estimate of drug-likeness (QED) is 0.524. The normalized spacial score (nSPS) is 17.8. The summed E-state index contributed by atoms with van der Waals surface area (Å²) in [4.78, 5) is 17.9. The molecule has 0 saturated carbocycles. The van der Waals surface area contributed by atoms with E-state index in [-0.39, 0.29) is 23.5 Å². The molecule has 4 heterocycles. The number of nitrogens with zero attached hydrogens (tertiary/aromatic N) is 3. The Labute approximate surface area is 178 Å². The monoisotopic (exact) mass is 436 g/mol. The highest BCUT2D eigenvalue weighted by Gasteiger charge is 2.32. The third-order valence-corrected chi connectivity index (χ3v) is 7.19. The van der Waals surface area contributed by atoms with Gasteiger partial charge >= 0.3 is 0 Å². The Hall–Kier alpha value is -3.46. The number of hydrogen-bond donors (Lipinski definition) is 1. The van der Waals surface area contributed by atoms with Crippen molar-refractivity contribution in [2.45, 2.75) is 19.4 Å². The topological polar surface area (TPSA) is 107 Å². The predicted octanol–water partition coefficient (Wildman–Crippen LogP) is 3.61. The third kappa shape index (κ3) is 3.61. The summed E-state index contributed by atoms with van der Waals surface area (Å²) in [7, 11) is -3.11. The Balaban J connectivity index is 1.68. The summed E-state index contributed by atoms with van der Waals surface area (Å²) in [6.07, 6.45) is 2.01. The van der Waals surface area contributed by atoms with E-state index >= 15 is 0 Å². The second-order valence-corrected chi connectivity index (χ2v) is 9.87. The molecule has 1 atom stereocenters. The summed E-state index contributed by atoms with van der Waals surface area (Å²) in [5, 5.41) is 8.11. The average molecular weight is 436 g/mol. The molecule has 3 aromatic heterocycles. The van der Waals surface area contributed by atoms with Crippen LogP contribution in [0.3, 0.4) is 0 Å². The molecular weight excluding hydrogens is 416 g/mol. The van der Waals surface area contributed by atoms with Crippen molar-refractivity contribution >= 4 is 32.5 Å². The highest BCUT2D eigenvalue weighted by molar-refractivity contribution is 7.91. The van der Waals surface area contributed by atoms with E-state index in [2.05, 4.69) is 10.4 Å². The number of carbonyl (C=O) groups is 1. The van der Waals surface area contributed by atoms with Gasteiger partial charge in [-0.1, -0.05) is 18.2 Å². The molecule has 0 aliphatic carbocycles. The van der Waals surface area contributed by atoms with Gasteiger partial charge in [0.05, 0.1) is 40.5 Å². The molecule has 1 aromatic carbocycles. The van der Waals surface area contributed by atoms with Gasteiger partial charge in [0.15, 0.2) is 21.2 Å². The molecule has 158 valence electrons. The lowest BCUT2D eigenvalue weighted by Crippen LogP contribution is -2.15. The standard InChI is InChI=1S/C22H20N4O4S/c1-14-20-17(22(27)23-15-6-3-2-4-7-15)12-18(19-8-5-10-30-19)24-21(20)26(25-14)16-9-11-31(28,29)13-16/h2-8,10,12,16H,9,11,13H2,1H3,(H,23,27). The third-order valence-electron chi connectivity index (χ3n) is 5.44. The molecule has 1 aliphatic rings. The van der Waals surface area contributed by atoms with Crippen molar-refractivity contribution in [2.24, 2.45) is 0 Å². The first kappa shape index (κ1) is 19.5. The number of sulfone groups is 1. The molecule has 9 heteroatoms. The van der Waals surface area contributed by atoms with Crippen LogP contribution in [0, 0.1) is 6.92 Å². The maximum absolute atomic E-state index is 13.2. The van der Waals surface area contributed by atoms with Gasteiger partial charge in [-0.2, -0.15) is 5.10 Å². The predicted molar refractivity (Wildman–Crippen MR) is 117 cm³/mol. The molecule has 1 fully saturated rings. The SMILES string of the molecule is Cc1nn(C2CCS(=O)(=O)C2)c2nc(-c3ccco3)cc(C(=O)Nc3ccccc3)c12. The molecule has 0 bridgehead atoms. The van der Waals surface area contributed by atoms with Crippen molar-refractivity contribution in [1.82, 2.24) is 14.8 Å². The highest BCUT2D eigenvalue weighted by Crippen LogP contribution is 2.32. The van der Waals surface area contributed by atoms with Gasteiger partial charge in [-0.15, -0.1) is 0 Å². The van der Waals surface area contributed by atoms with Crippen molar-refractivity contribution in [3.63, 3.8) is 0 Å². The van der Waals surface area contributed by atoms with E-state index in [1.807, 2.05) is 30.3 Å². The van der Waals surface area contributed by atoms with Gasteiger partial charge in [0, 0.05) is 5.69 Å². The molecule has 0 spiro atoms. The number of hydrogen-bond acceptors (Lipinski definition) is 6. The summed E-state index contributed by atoms with van der Waals surface area (Å²) in [5.74, 6) is 0.354. The van der Waals surface area contributed by atoms with Crippen LogP contribution in [0.5, 0.6) is 0 Å². The number of anilines is 1. The number of nitrogens with one attached hydrogen (secondary N) is 1. The van der Waals surface area contributed by atoms with E-state index in [9.17, 15) is 13.2 Å². The van der Waals surface area contributed by atoms with Crippen molar-refractivity contribution in [2.75, 3.05) is 16.8 Å². The van der Waals surface area contributed by atoms with Crippen LogP contribution in [0.15, 0.2) is 59.2 Å². The number of rotatable bonds is 4. The molecule has 4 aromatic rings. The lowest BCUT2D eigenvalue weighted by atomic mass is 10.1. The van der Waals surface area contributed by atoms with Crippen LogP contribution in [0.4, 0.5) is 5.69 Å². The zero-order valence-corrected chi connectivity index (χ0v) is 17.6. The smallest absolute Gasteiger partial charge is 0.256 e. The van der Waals surface area contributed by atoms with Crippen molar-refractivity contribution in [3.8, 4) is 11.5 Å². The Kier molecular flexibility index (Phi) is 4.62. The summed E-state index contributed by atoms with van der Waals surface area (Å²) >= 11 is 0. The summed E-state index contributed by atoms with van der Waals surface area (Å²) in [6.45, 7) is 1.80. The molecule has 1 N–H and O–H groups in total. The zero-order chi connectivity index (χ0) is 21.6. The number of pyridine rings is 1. The molecule has 31 heavy (non-hydrogen) atoms. The molecular formula is C22H20N4O4S. The van der Waals surface area contributed by atoms with E-state index in [1.54, 1.807) is 29.8 Å². The van der Waals surface area contributed by atoms with Gasteiger partial charge in [-0.3, -0.25) is 4.79 Å². The van der Waals surface area contributed by atoms with Gasteiger partial charge in [0.2, 0.25) is 0 Å². The van der Waals surface area contributed by atoms with E-state index in [1.165, 1.54) is 6.26 Å². The Morgan fingerprint density at radius 2 is 2.00 bits per heavy atom. The number of fused-ring (bicyclic) bond motifs is 1. The maximum atomic E-state index is 13.2. The number of furan rings is 1. The second-order valence-electron chi connectivity index (χ2n) is 7.64. The van der Waals surface area contributed by atoms with E-state index in [0.29, 0.717) is 45.9 Å². The minimum Gasteiger partial charge on any atom is -0.463 e. The van der Waals surface area contributed by atoms with Crippen LogP contribution in [-0.4, -0.2) is 40.6 Å². The highest BCUT2D eigenvalue weighted by atomic mass is 32.2. The fourth-order valence-corrected chi connectivity index (χ4v) is 5.68. The summed E-state index contributed by atoms with van der Waals surface area (Å²) < 4.78 is 31.3. The number of carbonyl (C=O) groups excluding carboxylic acids is 1. The zero-order valence-electron chi connectivity index (χ0n) is 16.8. The lowest BCUT2D eigenvalue weighted by Gasteiger charge is -2.11. The van der Waals surface area contributed by atoms with Crippen LogP contribution < -0.4 is 5.32 Å². The summed E-state index contributed by atoms with van der Waals surface area (Å²) in [6, 6.07) is 14.1. The van der Waals surface area contributed by atoms with Gasteiger partial charge in [0.25, 0.3) is 5.91 Å². The van der Waals surface area contributed by atoms with E-state index in [0.717, 1.165) is 0 Å².